The fraction of sp³-hybridized carbons (Fsp3) is 0.562. The highest BCUT2D eigenvalue weighted by atomic mass is 35.5. The average molecular weight is 383 g/mol. The molecule has 23 heavy (non-hydrogen) atoms. The Labute approximate surface area is 156 Å². The van der Waals surface area contributed by atoms with E-state index in [0.29, 0.717) is 17.4 Å². The summed E-state index contributed by atoms with van der Waals surface area (Å²) in [6.45, 7) is 2.15. The molecule has 1 aromatic carbocycles. The van der Waals surface area contributed by atoms with Crippen molar-refractivity contribution in [1.29, 1.82) is 0 Å². The van der Waals surface area contributed by atoms with Crippen LogP contribution in [-0.4, -0.2) is 33.1 Å². The molecule has 1 aliphatic heterocycles. The Bertz CT molecular complexity index is 491. The van der Waals surface area contributed by atoms with E-state index in [0.717, 1.165) is 30.9 Å². The van der Waals surface area contributed by atoms with Crippen molar-refractivity contribution < 1.29 is 4.79 Å². The van der Waals surface area contributed by atoms with E-state index < -0.39 is 0 Å². The van der Waals surface area contributed by atoms with Gasteiger partial charge in [-0.15, -0.1) is 24.8 Å². The lowest BCUT2D eigenvalue weighted by atomic mass is 9.93. The van der Waals surface area contributed by atoms with Crippen molar-refractivity contribution in [3.8, 4) is 0 Å². The summed E-state index contributed by atoms with van der Waals surface area (Å²) >= 11 is 6.21. The van der Waals surface area contributed by atoms with E-state index in [2.05, 4.69) is 10.6 Å². The van der Waals surface area contributed by atoms with Gasteiger partial charge in [-0.3, -0.25) is 4.79 Å². The average Bonchev–Trinajstić information content (AvgIpc) is 2.46. The third-order valence-electron chi connectivity index (χ3n) is 3.95. The maximum absolute atomic E-state index is 12.2. The van der Waals surface area contributed by atoms with Gasteiger partial charge in [0.15, 0.2) is 0 Å². The van der Waals surface area contributed by atoms with Gasteiger partial charge in [0.05, 0.1) is 16.4 Å². The zero-order chi connectivity index (χ0) is 15.2. The van der Waals surface area contributed by atoms with Gasteiger partial charge in [0.1, 0.15) is 0 Å². The molecule has 0 aliphatic carbocycles. The SMILES string of the molecule is CN(C)c1c(Cl)cccc1NC(=O)CCC1CCNCC1.Cl.Cl. The molecule has 4 nitrogen and oxygen atoms in total. The van der Waals surface area contributed by atoms with Gasteiger partial charge in [-0.25, -0.2) is 0 Å². The maximum Gasteiger partial charge on any atom is 0.224 e. The number of hydrogen-bond acceptors (Lipinski definition) is 3. The van der Waals surface area contributed by atoms with Gasteiger partial charge in [0.2, 0.25) is 5.91 Å². The molecule has 2 N–H and O–H groups in total. The Morgan fingerprint density at radius 1 is 1.30 bits per heavy atom. The molecule has 132 valence electrons. The molecule has 7 heteroatoms. The van der Waals surface area contributed by atoms with Gasteiger partial charge >= 0.3 is 0 Å². The van der Waals surface area contributed by atoms with Gasteiger partial charge in [-0.1, -0.05) is 17.7 Å². The first kappa shape index (κ1) is 22.3. The molecule has 1 aromatic rings. The van der Waals surface area contributed by atoms with E-state index in [1.165, 1.54) is 12.8 Å². The normalized spacial score (nSPS) is 14.4. The number of amides is 1. The van der Waals surface area contributed by atoms with Crippen LogP contribution in [0, 0.1) is 5.92 Å². The Hall–Kier alpha value is -0.680. The van der Waals surface area contributed by atoms with E-state index in [1.807, 2.05) is 37.2 Å². The molecule has 0 atom stereocenters. The van der Waals surface area contributed by atoms with Crippen LogP contribution in [0.5, 0.6) is 0 Å². The Morgan fingerprint density at radius 2 is 1.96 bits per heavy atom. The summed E-state index contributed by atoms with van der Waals surface area (Å²) in [5.41, 5.74) is 1.64. The highest BCUT2D eigenvalue weighted by molar-refractivity contribution is 6.34. The van der Waals surface area contributed by atoms with Crippen LogP contribution in [0.4, 0.5) is 11.4 Å². The number of hydrogen-bond donors (Lipinski definition) is 2. The highest BCUT2D eigenvalue weighted by Crippen LogP contribution is 2.32. The van der Waals surface area contributed by atoms with Crippen molar-refractivity contribution in [3.05, 3.63) is 23.2 Å². The number of anilines is 2. The van der Waals surface area contributed by atoms with Crippen LogP contribution in [0.2, 0.25) is 5.02 Å². The number of benzene rings is 1. The van der Waals surface area contributed by atoms with Crippen molar-refractivity contribution in [2.75, 3.05) is 37.4 Å². The second kappa shape index (κ2) is 11.0. The van der Waals surface area contributed by atoms with Crippen molar-refractivity contribution in [3.63, 3.8) is 0 Å². The standard InChI is InChI=1S/C16H24ClN3O.2ClH/c1-20(2)16-13(17)4-3-5-14(16)19-15(21)7-6-12-8-10-18-11-9-12;;/h3-5,12,18H,6-11H2,1-2H3,(H,19,21);2*1H. The predicted octanol–water partition coefficient (Wildman–Crippen LogP) is 3.97. The Kier molecular flexibility index (Phi) is 10.7. The largest absolute Gasteiger partial charge is 0.375 e. The molecule has 1 fully saturated rings. The predicted molar refractivity (Wildman–Crippen MR) is 104 cm³/mol. The molecule has 0 radical (unpaired) electrons. The van der Waals surface area contributed by atoms with E-state index in [4.69, 9.17) is 11.6 Å². The Morgan fingerprint density at radius 3 is 2.57 bits per heavy atom. The van der Waals surface area contributed by atoms with Crippen molar-refractivity contribution >= 4 is 53.7 Å². The summed E-state index contributed by atoms with van der Waals surface area (Å²) in [4.78, 5) is 14.1. The Balaban J connectivity index is 0.00000242. The number of carbonyl (C=O) groups is 1. The van der Waals surface area contributed by atoms with Crippen molar-refractivity contribution in [2.45, 2.75) is 25.7 Å². The first-order valence-electron chi connectivity index (χ1n) is 7.54. The molecule has 0 aromatic heterocycles. The third kappa shape index (κ3) is 6.76. The molecule has 1 amide bonds. The molecule has 1 heterocycles. The number of nitrogens with zero attached hydrogens (tertiary/aromatic N) is 1. The van der Waals surface area contributed by atoms with Gasteiger partial charge in [0.25, 0.3) is 0 Å². The number of piperidine rings is 1. The smallest absolute Gasteiger partial charge is 0.224 e. The summed E-state index contributed by atoms with van der Waals surface area (Å²) in [6, 6.07) is 5.59. The number of para-hydroxylation sites is 1. The molecule has 1 aliphatic rings. The van der Waals surface area contributed by atoms with Gasteiger partial charge in [-0.05, 0) is 50.4 Å². The topological polar surface area (TPSA) is 44.4 Å². The minimum Gasteiger partial charge on any atom is -0.375 e. The minimum absolute atomic E-state index is 0. The molecule has 0 saturated carbocycles. The van der Waals surface area contributed by atoms with Crippen LogP contribution in [0.3, 0.4) is 0 Å². The fourth-order valence-corrected chi connectivity index (χ4v) is 3.13. The van der Waals surface area contributed by atoms with Crippen LogP contribution in [0.15, 0.2) is 18.2 Å². The van der Waals surface area contributed by atoms with Crippen molar-refractivity contribution in [1.82, 2.24) is 5.32 Å². The van der Waals surface area contributed by atoms with Crippen LogP contribution < -0.4 is 15.5 Å². The van der Waals surface area contributed by atoms with E-state index in [-0.39, 0.29) is 30.7 Å². The van der Waals surface area contributed by atoms with Crippen molar-refractivity contribution in [2.24, 2.45) is 5.92 Å². The molecule has 0 spiro atoms. The molecule has 1 saturated heterocycles. The lowest BCUT2D eigenvalue weighted by Gasteiger charge is -2.22. The van der Waals surface area contributed by atoms with E-state index >= 15 is 0 Å². The summed E-state index contributed by atoms with van der Waals surface area (Å²) < 4.78 is 0. The maximum atomic E-state index is 12.2. The number of halogens is 3. The second-order valence-corrected chi connectivity index (χ2v) is 6.22. The second-order valence-electron chi connectivity index (χ2n) is 5.81. The lowest BCUT2D eigenvalue weighted by molar-refractivity contribution is -0.116. The van der Waals surface area contributed by atoms with Crippen LogP contribution >= 0.6 is 36.4 Å². The molecule has 0 unspecified atom stereocenters. The van der Waals surface area contributed by atoms with Crippen LogP contribution in [-0.2, 0) is 4.79 Å². The first-order chi connectivity index (χ1) is 10.1. The zero-order valence-corrected chi connectivity index (χ0v) is 16.0. The zero-order valence-electron chi connectivity index (χ0n) is 13.6. The van der Waals surface area contributed by atoms with E-state index in [9.17, 15) is 4.79 Å². The fourth-order valence-electron chi connectivity index (χ4n) is 2.79. The number of nitrogens with one attached hydrogen (secondary N) is 2. The lowest BCUT2D eigenvalue weighted by Crippen LogP contribution is -2.28. The van der Waals surface area contributed by atoms with E-state index in [1.54, 1.807) is 0 Å². The minimum atomic E-state index is 0. The van der Waals surface area contributed by atoms with Gasteiger partial charge in [0, 0.05) is 20.5 Å². The molecule has 0 bridgehead atoms. The van der Waals surface area contributed by atoms with Crippen LogP contribution in [0.25, 0.3) is 0 Å². The third-order valence-corrected chi connectivity index (χ3v) is 4.25. The van der Waals surface area contributed by atoms with Gasteiger partial charge < -0.3 is 15.5 Å². The summed E-state index contributed by atoms with van der Waals surface area (Å²) in [5.74, 6) is 0.739. The summed E-state index contributed by atoms with van der Waals surface area (Å²) in [6.07, 6.45) is 3.89. The highest BCUT2D eigenvalue weighted by Gasteiger charge is 2.16. The monoisotopic (exact) mass is 381 g/mol. The summed E-state index contributed by atoms with van der Waals surface area (Å²) in [5, 5.41) is 6.99. The quantitative estimate of drug-likeness (QED) is 0.810. The molecule has 2 rings (SSSR count). The number of carbonyl (C=O) groups excluding carboxylic acids is 1. The molecular weight excluding hydrogens is 357 g/mol. The van der Waals surface area contributed by atoms with Crippen LogP contribution in [0.1, 0.15) is 25.7 Å². The summed E-state index contributed by atoms with van der Waals surface area (Å²) in [7, 11) is 3.85. The number of rotatable bonds is 5. The molecular formula is C16H26Cl3N3O. The first-order valence-corrected chi connectivity index (χ1v) is 7.92. The van der Waals surface area contributed by atoms with Gasteiger partial charge in [-0.2, -0.15) is 0 Å².